The van der Waals surface area contributed by atoms with Crippen molar-refractivity contribution < 1.29 is 13.9 Å². The first-order valence-corrected chi connectivity index (χ1v) is 13.3. The van der Waals surface area contributed by atoms with Gasteiger partial charge in [0.2, 0.25) is 0 Å². The fourth-order valence-electron chi connectivity index (χ4n) is 6.28. The lowest BCUT2D eigenvalue weighted by Gasteiger charge is -2.43. The highest BCUT2D eigenvalue weighted by atomic mass is 19.1. The Bertz CT molecular complexity index is 954. The van der Waals surface area contributed by atoms with E-state index in [0.29, 0.717) is 37.8 Å². The maximum absolute atomic E-state index is 14.2. The van der Waals surface area contributed by atoms with Gasteiger partial charge in [0.05, 0.1) is 25.3 Å². The predicted molar refractivity (Wildman–Crippen MR) is 139 cm³/mol. The number of pyridine rings is 1. The Morgan fingerprint density at radius 2 is 1.83 bits per heavy atom. The quantitative estimate of drug-likeness (QED) is 0.481. The highest BCUT2D eigenvalue weighted by Gasteiger charge is 2.47. The van der Waals surface area contributed by atoms with Gasteiger partial charge in [0.15, 0.2) is 0 Å². The third-order valence-electron chi connectivity index (χ3n) is 7.92. The Morgan fingerprint density at radius 3 is 2.66 bits per heavy atom. The molecule has 0 amide bonds. The molecule has 7 heteroatoms. The van der Waals surface area contributed by atoms with E-state index in [4.69, 9.17) is 14.5 Å². The Hall–Kier alpha value is -2.38. The monoisotopic (exact) mass is 482 g/mol. The second-order valence-corrected chi connectivity index (χ2v) is 10.1. The van der Waals surface area contributed by atoms with Crippen molar-refractivity contribution in [1.82, 2.24) is 4.98 Å². The van der Waals surface area contributed by atoms with Crippen LogP contribution in [0.4, 0.5) is 21.6 Å². The summed E-state index contributed by atoms with van der Waals surface area (Å²) in [7, 11) is 1.70. The number of nitrogens with zero attached hydrogens (tertiary/aromatic N) is 4. The molecule has 0 saturated carbocycles. The fraction of sp³-hybridized carbons (Fsp3) is 0.607. The van der Waals surface area contributed by atoms with Gasteiger partial charge >= 0.3 is 0 Å². The minimum absolute atomic E-state index is 0.171. The number of benzene rings is 1. The second kappa shape index (κ2) is 11.6. The Morgan fingerprint density at radius 1 is 0.943 bits per heavy atom. The number of piperidine rings is 2. The summed E-state index contributed by atoms with van der Waals surface area (Å²) in [5.41, 5.74) is 2.28. The minimum Gasteiger partial charge on any atom is -0.382 e. The lowest BCUT2D eigenvalue weighted by atomic mass is 9.88. The van der Waals surface area contributed by atoms with Gasteiger partial charge in [-0.1, -0.05) is 6.07 Å². The molecular formula is C28H39FN4O2. The van der Waals surface area contributed by atoms with Crippen LogP contribution in [-0.2, 0) is 9.47 Å². The molecule has 5 rings (SSSR count). The largest absolute Gasteiger partial charge is 0.382 e. The zero-order valence-corrected chi connectivity index (χ0v) is 20.9. The molecule has 6 nitrogen and oxygen atoms in total. The van der Waals surface area contributed by atoms with Gasteiger partial charge in [0.1, 0.15) is 11.6 Å². The van der Waals surface area contributed by atoms with Crippen molar-refractivity contribution in [2.75, 3.05) is 67.8 Å². The summed E-state index contributed by atoms with van der Waals surface area (Å²) >= 11 is 0. The molecule has 0 spiro atoms. The zero-order valence-electron chi connectivity index (χ0n) is 20.9. The van der Waals surface area contributed by atoms with E-state index in [0.717, 1.165) is 56.9 Å². The van der Waals surface area contributed by atoms with Gasteiger partial charge in [-0.25, -0.2) is 9.37 Å². The van der Waals surface area contributed by atoms with Crippen LogP contribution in [0.1, 0.15) is 38.5 Å². The maximum Gasteiger partial charge on any atom is 0.130 e. The van der Waals surface area contributed by atoms with E-state index >= 15 is 0 Å². The van der Waals surface area contributed by atoms with Crippen LogP contribution in [0, 0.1) is 11.7 Å². The molecule has 190 valence electrons. The molecule has 3 fully saturated rings. The van der Waals surface area contributed by atoms with Crippen molar-refractivity contribution in [2.24, 2.45) is 5.92 Å². The summed E-state index contributed by atoms with van der Waals surface area (Å²) in [6.45, 7) is 6.11. The summed E-state index contributed by atoms with van der Waals surface area (Å²) in [5.74, 6) is 1.33. The molecule has 3 aliphatic rings. The van der Waals surface area contributed by atoms with Crippen LogP contribution < -0.4 is 14.7 Å². The molecule has 0 radical (unpaired) electrons. The molecule has 0 bridgehead atoms. The van der Waals surface area contributed by atoms with E-state index < -0.39 is 0 Å². The van der Waals surface area contributed by atoms with Gasteiger partial charge in [0.25, 0.3) is 0 Å². The summed E-state index contributed by atoms with van der Waals surface area (Å²) in [4.78, 5) is 12.3. The van der Waals surface area contributed by atoms with Gasteiger partial charge in [-0.3, -0.25) is 0 Å². The molecule has 1 aromatic heterocycles. The molecule has 3 atom stereocenters. The molecule has 1 aromatic carbocycles. The molecule has 3 unspecified atom stereocenters. The highest BCUT2D eigenvalue weighted by Crippen LogP contribution is 2.41. The van der Waals surface area contributed by atoms with Gasteiger partial charge < -0.3 is 24.2 Å². The molecular weight excluding hydrogens is 443 g/mol. The van der Waals surface area contributed by atoms with Gasteiger partial charge in [-0.15, -0.1) is 0 Å². The summed E-state index contributed by atoms with van der Waals surface area (Å²) < 4.78 is 25.2. The molecule has 3 aliphatic heterocycles. The Balaban J connectivity index is 1.39. The van der Waals surface area contributed by atoms with E-state index in [1.165, 1.54) is 31.0 Å². The Labute approximate surface area is 209 Å². The predicted octanol–water partition coefficient (Wildman–Crippen LogP) is 4.74. The molecule has 2 aromatic rings. The third kappa shape index (κ3) is 5.56. The molecule has 0 aliphatic carbocycles. The third-order valence-corrected chi connectivity index (χ3v) is 7.92. The number of hydrogen-bond acceptors (Lipinski definition) is 6. The first-order chi connectivity index (χ1) is 17.2. The molecule has 4 heterocycles. The van der Waals surface area contributed by atoms with Crippen molar-refractivity contribution in [2.45, 2.75) is 50.6 Å². The van der Waals surface area contributed by atoms with Crippen molar-refractivity contribution in [3.8, 4) is 0 Å². The van der Waals surface area contributed by atoms with Crippen molar-refractivity contribution in [3.63, 3.8) is 0 Å². The van der Waals surface area contributed by atoms with Crippen LogP contribution in [-0.4, -0.2) is 70.2 Å². The fourth-order valence-corrected chi connectivity index (χ4v) is 6.28. The number of rotatable bonds is 9. The lowest BCUT2D eigenvalue weighted by Crippen LogP contribution is -2.52. The summed E-state index contributed by atoms with van der Waals surface area (Å²) in [5, 5.41) is 0. The van der Waals surface area contributed by atoms with Crippen LogP contribution >= 0.6 is 0 Å². The number of fused-ring (bicyclic) bond motifs is 1. The van der Waals surface area contributed by atoms with E-state index in [1.807, 2.05) is 12.3 Å². The van der Waals surface area contributed by atoms with Crippen LogP contribution in [0.5, 0.6) is 0 Å². The van der Waals surface area contributed by atoms with Gasteiger partial charge in [-0.05, 0) is 62.8 Å². The standard InChI is InChI=1S/C28H39FN4O2/c1-34-17-18-35-16-11-22-21-33(27-20-24(10-12-30-27)31-13-3-2-4-14-31)26-9-6-15-32(28(22)26)25-8-5-7-23(29)19-25/h5,7-8,10,12,19-20,22,26,28H,2-4,6,9,11,13-18,21H2,1H3. The van der Waals surface area contributed by atoms with Crippen LogP contribution in [0.2, 0.25) is 0 Å². The first-order valence-electron chi connectivity index (χ1n) is 13.3. The smallest absolute Gasteiger partial charge is 0.130 e. The normalized spacial score (nSPS) is 24.6. The second-order valence-electron chi connectivity index (χ2n) is 10.1. The minimum atomic E-state index is -0.171. The average Bonchev–Trinajstić information content (AvgIpc) is 3.28. The summed E-state index contributed by atoms with van der Waals surface area (Å²) in [6, 6.07) is 12.2. The molecule has 0 N–H and O–H groups in total. The number of methoxy groups -OCH3 is 1. The van der Waals surface area contributed by atoms with Crippen molar-refractivity contribution in [3.05, 3.63) is 48.4 Å². The van der Waals surface area contributed by atoms with Gasteiger partial charge in [0, 0.05) is 69.5 Å². The SMILES string of the molecule is COCCOCCC1CN(c2cc(N3CCCCC3)ccn2)C2CCCN(c3cccc(F)c3)C12. The van der Waals surface area contributed by atoms with E-state index in [1.54, 1.807) is 13.2 Å². The average molecular weight is 483 g/mol. The van der Waals surface area contributed by atoms with Crippen molar-refractivity contribution in [1.29, 1.82) is 0 Å². The first kappa shape index (κ1) is 24.3. The van der Waals surface area contributed by atoms with Crippen molar-refractivity contribution >= 4 is 17.2 Å². The van der Waals surface area contributed by atoms with E-state index in [-0.39, 0.29) is 5.82 Å². The van der Waals surface area contributed by atoms with Crippen LogP contribution in [0.15, 0.2) is 42.6 Å². The lowest BCUT2D eigenvalue weighted by molar-refractivity contribution is 0.0633. The highest BCUT2D eigenvalue weighted by molar-refractivity contribution is 5.58. The topological polar surface area (TPSA) is 41.1 Å². The zero-order chi connectivity index (χ0) is 24.0. The number of hydrogen-bond donors (Lipinski definition) is 0. The molecule has 35 heavy (non-hydrogen) atoms. The number of halogens is 1. The van der Waals surface area contributed by atoms with E-state index in [9.17, 15) is 4.39 Å². The number of anilines is 3. The van der Waals surface area contributed by atoms with Gasteiger partial charge in [-0.2, -0.15) is 0 Å². The Kier molecular flexibility index (Phi) is 8.04. The molecule has 3 saturated heterocycles. The van der Waals surface area contributed by atoms with E-state index in [2.05, 4.69) is 32.9 Å². The van der Waals surface area contributed by atoms with Crippen LogP contribution in [0.3, 0.4) is 0 Å². The summed E-state index contributed by atoms with van der Waals surface area (Å²) in [6.07, 6.45) is 9.03. The number of ether oxygens (including phenoxy) is 2. The number of aromatic nitrogens is 1. The van der Waals surface area contributed by atoms with Crippen LogP contribution in [0.25, 0.3) is 0 Å². The maximum atomic E-state index is 14.2.